The van der Waals surface area contributed by atoms with E-state index in [1.54, 1.807) is 0 Å². The van der Waals surface area contributed by atoms with Gasteiger partial charge in [0.1, 0.15) is 0 Å². The van der Waals surface area contributed by atoms with Gasteiger partial charge in [-0.2, -0.15) is 0 Å². The fraction of sp³-hybridized carbons (Fsp3) is 0.526. The number of benzene rings is 1. The number of amides is 1. The van der Waals surface area contributed by atoms with E-state index in [9.17, 15) is 21.6 Å². The van der Waals surface area contributed by atoms with E-state index in [0.717, 1.165) is 19.3 Å². The lowest BCUT2D eigenvalue weighted by Crippen LogP contribution is -2.25. The standard InChI is InChI=1S/C19H25NO5S2/c21-19(20-12-10-15-4-2-1-3-5-15)16-6-8-17(9-7-16)27(24,25)18-11-13-26(22,23)14-18/h4,6-9,18H,1-3,5,10-14H2,(H,20,21). The van der Waals surface area contributed by atoms with E-state index in [1.807, 2.05) is 0 Å². The number of carbonyl (C=O) groups is 1. The van der Waals surface area contributed by atoms with Crippen LogP contribution in [0, 0.1) is 0 Å². The van der Waals surface area contributed by atoms with Crippen molar-refractivity contribution in [2.24, 2.45) is 0 Å². The predicted molar refractivity (Wildman–Crippen MR) is 104 cm³/mol. The highest BCUT2D eigenvalue weighted by atomic mass is 32.2. The van der Waals surface area contributed by atoms with Crippen LogP contribution >= 0.6 is 0 Å². The lowest BCUT2D eigenvalue weighted by atomic mass is 9.97. The molecule has 1 N–H and O–H groups in total. The Kier molecular flexibility index (Phi) is 6.05. The van der Waals surface area contributed by atoms with E-state index in [-0.39, 0.29) is 28.7 Å². The Morgan fingerprint density at radius 1 is 1.15 bits per heavy atom. The van der Waals surface area contributed by atoms with E-state index in [0.29, 0.717) is 12.1 Å². The molecule has 1 atom stereocenters. The number of nitrogens with one attached hydrogen (secondary N) is 1. The van der Waals surface area contributed by atoms with E-state index < -0.39 is 24.9 Å². The van der Waals surface area contributed by atoms with Crippen LogP contribution in [0.3, 0.4) is 0 Å². The number of hydrogen-bond acceptors (Lipinski definition) is 5. The highest BCUT2D eigenvalue weighted by Crippen LogP contribution is 2.25. The molecule has 1 unspecified atom stereocenters. The van der Waals surface area contributed by atoms with Crippen LogP contribution in [-0.2, 0) is 19.7 Å². The van der Waals surface area contributed by atoms with Gasteiger partial charge in [-0.15, -0.1) is 0 Å². The first-order valence-electron chi connectivity index (χ1n) is 9.28. The normalized spacial score (nSPS) is 22.2. The molecule has 1 saturated heterocycles. The maximum atomic E-state index is 12.6. The first-order chi connectivity index (χ1) is 12.8. The molecular weight excluding hydrogens is 386 g/mol. The van der Waals surface area contributed by atoms with E-state index in [2.05, 4.69) is 11.4 Å². The van der Waals surface area contributed by atoms with Gasteiger partial charge in [-0.25, -0.2) is 16.8 Å². The van der Waals surface area contributed by atoms with E-state index in [4.69, 9.17) is 0 Å². The van der Waals surface area contributed by atoms with Gasteiger partial charge in [-0.3, -0.25) is 4.79 Å². The molecule has 0 radical (unpaired) electrons. The fourth-order valence-electron chi connectivity index (χ4n) is 3.56. The zero-order chi connectivity index (χ0) is 19.5. The smallest absolute Gasteiger partial charge is 0.251 e. The third kappa shape index (κ3) is 4.99. The summed E-state index contributed by atoms with van der Waals surface area (Å²) in [6.07, 6.45) is 7.87. The van der Waals surface area contributed by atoms with Gasteiger partial charge in [-0.1, -0.05) is 11.6 Å². The molecule has 1 aromatic rings. The van der Waals surface area contributed by atoms with Crippen molar-refractivity contribution in [1.82, 2.24) is 5.32 Å². The van der Waals surface area contributed by atoms with Crippen molar-refractivity contribution in [3.05, 3.63) is 41.5 Å². The molecule has 0 spiro atoms. The average molecular weight is 412 g/mol. The molecule has 3 rings (SSSR count). The van der Waals surface area contributed by atoms with Crippen LogP contribution in [0.4, 0.5) is 0 Å². The lowest BCUT2D eigenvalue weighted by Gasteiger charge is -2.13. The van der Waals surface area contributed by atoms with Gasteiger partial charge in [0, 0.05) is 12.1 Å². The van der Waals surface area contributed by atoms with Crippen molar-refractivity contribution in [1.29, 1.82) is 0 Å². The molecule has 0 bridgehead atoms. The number of carbonyl (C=O) groups excluding carboxylic acids is 1. The molecule has 8 heteroatoms. The van der Waals surface area contributed by atoms with Gasteiger partial charge in [0.25, 0.3) is 5.91 Å². The van der Waals surface area contributed by atoms with Crippen LogP contribution in [0.1, 0.15) is 48.9 Å². The Bertz CT molecular complexity index is 931. The minimum absolute atomic E-state index is 0.0634. The summed E-state index contributed by atoms with van der Waals surface area (Å²) in [5, 5.41) is 1.96. The Labute approximate surface area is 160 Å². The molecule has 2 aliphatic rings. The maximum Gasteiger partial charge on any atom is 0.251 e. The summed E-state index contributed by atoms with van der Waals surface area (Å²) in [6.45, 7) is 0.560. The molecule has 0 aromatic heterocycles. The average Bonchev–Trinajstić information content (AvgIpc) is 3.03. The summed E-state index contributed by atoms with van der Waals surface area (Å²) in [5.41, 5.74) is 1.78. The van der Waals surface area contributed by atoms with Crippen LogP contribution < -0.4 is 5.32 Å². The second-order valence-electron chi connectivity index (χ2n) is 7.21. The Hall–Kier alpha value is -1.67. The summed E-state index contributed by atoms with van der Waals surface area (Å²) in [7, 11) is -6.98. The number of sulfone groups is 2. The molecule has 1 aliphatic carbocycles. The third-order valence-electron chi connectivity index (χ3n) is 5.19. The zero-order valence-corrected chi connectivity index (χ0v) is 16.8. The minimum Gasteiger partial charge on any atom is -0.352 e. The van der Waals surface area contributed by atoms with Crippen LogP contribution in [0.5, 0.6) is 0 Å². The van der Waals surface area contributed by atoms with Crippen LogP contribution in [0.25, 0.3) is 0 Å². The van der Waals surface area contributed by atoms with Crippen molar-refractivity contribution in [2.45, 2.75) is 48.7 Å². The van der Waals surface area contributed by atoms with Crippen molar-refractivity contribution < 1.29 is 21.6 Å². The van der Waals surface area contributed by atoms with Gasteiger partial charge in [-0.05, 0) is 62.8 Å². The van der Waals surface area contributed by atoms with Crippen molar-refractivity contribution in [3.8, 4) is 0 Å². The second kappa shape index (κ2) is 8.14. The van der Waals surface area contributed by atoms with E-state index in [1.165, 1.54) is 42.7 Å². The van der Waals surface area contributed by atoms with Gasteiger partial charge in [0.05, 0.1) is 21.7 Å². The molecule has 1 aromatic carbocycles. The third-order valence-corrected chi connectivity index (χ3v) is 9.38. The Balaban J connectivity index is 1.59. The first kappa shape index (κ1) is 20.1. The first-order valence-corrected chi connectivity index (χ1v) is 12.7. The summed E-state index contributed by atoms with van der Waals surface area (Å²) in [6, 6.07) is 5.73. The quantitative estimate of drug-likeness (QED) is 0.724. The monoisotopic (exact) mass is 411 g/mol. The van der Waals surface area contributed by atoms with Crippen molar-refractivity contribution in [3.63, 3.8) is 0 Å². The van der Waals surface area contributed by atoms with Gasteiger partial charge < -0.3 is 5.32 Å². The predicted octanol–water partition coefficient (Wildman–Crippen LogP) is 2.27. The summed E-state index contributed by atoms with van der Waals surface area (Å²) in [5.74, 6) is -0.653. The molecule has 1 heterocycles. The maximum absolute atomic E-state index is 12.6. The van der Waals surface area contributed by atoms with Crippen molar-refractivity contribution in [2.75, 3.05) is 18.1 Å². The summed E-state index contributed by atoms with van der Waals surface area (Å²) in [4.78, 5) is 12.3. The van der Waals surface area contributed by atoms with Gasteiger partial charge in [0.15, 0.2) is 19.7 Å². The zero-order valence-electron chi connectivity index (χ0n) is 15.2. The Morgan fingerprint density at radius 2 is 1.89 bits per heavy atom. The molecule has 6 nitrogen and oxygen atoms in total. The SMILES string of the molecule is O=C(NCCC1=CCCCC1)c1ccc(S(=O)(=O)C2CCS(=O)(=O)C2)cc1. The summed E-state index contributed by atoms with van der Waals surface area (Å²) >= 11 is 0. The molecule has 1 amide bonds. The molecule has 0 saturated carbocycles. The van der Waals surface area contributed by atoms with E-state index >= 15 is 0 Å². The van der Waals surface area contributed by atoms with Gasteiger partial charge in [0.2, 0.25) is 0 Å². The molecular formula is C19H25NO5S2. The fourth-order valence-corrected chi connectivity index (χ4v) is 7.92. The highest BCUT2D eigenvalue weighted by molar-refractivity contribution is 7.96. The summed E-state index contributed by atoms with van der Waals surface area (Å²) < 4.78 is 48.3. The minimum atomic E-state index is -3.70. The van der Waals surface area contributed by atoms with Crippen molar-refractivity contribution >= 4 is 25.6 Å². The number of rotatable bonds is 6. The largest absolute Gasteiger partial charge is 0.352 e. The molecule has 27 heavy (non-hydrogen) atoms. The highest BCUT2D eigenvalue weighted by Gasteiger charge is 2.37. The molecule has 148 valence electrons. The van der Waals surface area contributed by atoms with Gasteiger partial charge >= 0.3 is 0 Å². The number of hydrogen-bond donors (Lipinski definition) is 1. The topological polar surface area (TPSA) is 97.4 Å². The Morgan fingerprint density at radius 3 is 2.48 bits per heavy atom. The van der Waals surface area contributed by atoms with Crippen LogP contribution in [0.2, 0.25) is 0 Å². The molecule has 1 fully saturated rings. The second-order valence-corrected chi connectivity index (χ2v) is 11.7. The number of allylic oxidation sites excluding steroid dienone is 1. The molecule has 1 aliphatic heterocycles. The lowest BCUT2D eigenvalue weighted by molar-refractivity contribution is 0.0954. The van der Waals surface area contributed by atoms with Crippen LogP contribution in [-0.4, -0.2) is 46.0 Å². The van der Waals surface area contributed by atoms with Crippen LogP contribution in [0.15, 0.2) is 40.8 Å².